The van der Waals surface area contributed by atoms with Crippen LogP contribution in [0.3, 0.4) is 0 Å². The number of thiazole rings is 1. The van der Waals surface area contributed by atoms with E-state index in [0.717, 1.165) is 23.4 Å². The third-order valence-electron chi connectivity index (χ3n) is 3.19. The number of rotatable bonds is 8. The fourth-order valence-corrected chi connectivity index (χ4v) is 2.79. The van der Waals surface area contributed by atoms with Gasteiger partial charge >= 0.3 is 0 Å². The Balaban J connectivity index is 2.44. The number of nitrogens with one attached hydrogen (secondary N) is 2. The Bertz CT molecular complexity index is 426. The summed E-state index contributed by atoms with van der Waals surface area (Å²) in [5.74, 6) is 1.68. The highest BCUT2D eigenvalue weighted by atomic mass is 32.1. The van der Waals surface area contributed by atoms with Gasteiger partial charge in [0.15, 0.2) is 5.96 Å². The minimum atomic E-state index is 0.444. The van der Waals surface area contributed by atoms with E-state index in [1.54, 1.807) is 11.3 Å². The molecule has 0 aromatic carbocycles. The molecule has 0 fully saturated rings. The molecule has 1 heterocycles. The van der Waals surface area contributed by atoms with E-state index >= 15 is 0 Å². The van der Waals surface area contributed by atoms with Crippen LogP contribution in [-0.4, -0.2) is 23.5 Å². The number of aliphatic imine (C=N–C) groups is 1. The van der Waals surface area contributed by atoms with Gasteiger partial charge in [-0.25, -0.2) is 9.98 Å². The van der Waals surface area contributed by atoms with E-state index < -0.39 is 0 Å². The summed E-state index contributed by atoms with van der Waals surface area (Å²) in [6.45, 7) is 12.5. The van der Waals surface area contributed by atoms with Gasteiger partial charge in [-0.15, -0.1) is 11.3 Å². The second-order valence-electron chi connectivity index (χ2n) is 5.93. The summed E-state index contributed by atoms with van der Waals surface area (Å²) in [6.07, 6.45) is 5.64. The quantitative estimate of drug-likeness (QED) is 0.568. The maximum Gasteiger partial charge on any atom is 0.191 e. The van der Waals surface area contributed by atoms with E-state index in [4.69, 9.17) is 0 Å². The van der Waals surface area contributed by atoms with Gasteiger partial charge in [0, 0.05) is 23.7 Å². The lowest BCUT2D eigenvalue weighted by atomic mass is 10.0. The average Bonchev–Trinajstić information content (AvgIpc) is 2.81. The number of hydrogen-bond donors (Lipinski definition) is 2. The van der Waals surface area contributed by atoms with Crippen molar-refractivity contribution in [2.45, 2.75) is 66.5 Å². The van der Waals surface area contributed by atoms with Crippen LogP contribution in [0.15, 0.2) is 11.2 Å². The maximum atomic E-state index is 4.62. The molecule has 1 aromatic rings. The average molecular weight is 311 g/mol. The molecule has 0 saturated carbocycles. The number of hydrogen-bond acceptors (Lipinski definition) is 3. The Morgan fingerprint density at radius 1 is 1.33 bits per heavy atom. The molecule has 21 heavy (non-hydrogen) atoms. The standard InChI is InChI=1S/C16H30N4S/c1-6-17-16(19-11-15-18-10-14(5)21-15)20-13(4)9-7-8-12(2)3/h10,12-13H,6-9,11H2,1-5H3,(H2,17,19,20). The molecule has 0 aliphatic carbocycles. The topological polar surface area (TPSA) is 49.3 Å². The summed E-state index contributed by atoms with van der Waals surface area (Å²) in [7, 11) is 0. The molecule has 0 aliphatic rings. The Labute approximate surface area is 133 Å². The Morgan fingerprint density at radius 2 is 2.10 bits per heavy atom. The molecule has 4 nitrogen and oxygen atoms in total. The van der Waals surface area contributed by atoms with E-state index in [1.807, 2.05) is 6.20 Å². The highest BCUT2D eigenvalue weighted by molar-refractivity contribution is 7.11. The van der Waals surface area contributed by atoms with Crippen molar-refractivity contribution < 1.29 is 0 Å². The second-order valence-corrected chi connectivity index (χ2v) is 7.25. The fourth-order valence-electron chi connectivity index (χ4n) is 2.08. The van der Waals surface area contributed by atoms with Gasteiger partial charge in [-0.05, 0) is 33.1 Å². The van der Waals surface area contributed by atoms with Crippen molar-refractivity contribution in [2.24, 2.45) is 10.9 Å². The summed E-state index contributed by atoms with van der Waals surface area (Å²) in [6, 6.07) is 0.444. The van der Waals surface area contributed by atoms with Gasteiger partial charge in [-0.3, -0.25) is 0 Å². The minimum absolute atomic E-state index is 0.444. The molecule has 2 N–H and O–H groups in total. The molecule has 0 aliphatic heterocycles. The molecule has 1 atom stereocenters. The number of guanidine groups is 1. The van der Waals surface area contributed by atoms with Gasteiger partial charge < -0.3 is 10.6 Å². The molecule has 0 radical (unpaired) electrons. The first-order valence-corrected chi connectivity index (χ1v) is 8.79. The van der Waals surface area contributed by atoms with Crippen LogP contribution >= 0.6 is 11.3 Å². The van der Waals surface area contributed by atoms with Crippen molar-refractivity contribution in [1.29, 1.82) is 0 Å². The third-order valence-corrected chi connectivity index (χ3v) is 4.09. The van der Waals surface area contributed by atoms with Crippen molar-refractivity contribution in [3.05, 3.63) is 16.1 Å². The van der Waals surface area contributed by atoms with E-state index in [2.05, 4.69) is 55.2 Å². The molecule has 5 heteroatoms. The van der Waals surface area contributed by atoms with Crippen LogP contribution in [0, 0.1) is 12.8 Å². The summed E-state index contributed by atoms with van der Waals surface area (Å²) in [5.41, 5.74) is 0. The van der Waals surface area contributed by atoms with Gasteiger partial charge in [0.05, 0.1) is 6.54 Å². The lowest BCUT2D eigenvalue weighted by Gasteiger charge is -2.18. The zero-order chi connectivity index (χ0) is 15.7. The molecule has 120 valence electrons. The first-order valence-electron chi connectivity index (χ1n) is 7.97. The highest BCUT2D eigenvalue weighted by Crippen LogP contribution is 2.12. The van der Waals surface area contributed by atoms with E-state index in [1.165, 1.54) is 24.1 Å². The van der Waals surface area contributed by atoms with E-state index in [0.29, 0.717) is 12.6 Å². The van der Waals surface area contributed by atoms with Crippen LogP contribution in [-0.2, 0) is 6.54 Å². The summed E-state index contributed by atoms with van der Waals surface area (Å²) in [4.78, 5) is 10.2. The summed E-state index contributed by atoms with van der Waals surface area (Å²) in [5, 5.41) is 7.86. The van der Waals surface area contributed by atoms with Gasteiger partial charge in [-0.2, -0.15) is 0 Å². The lowest BCUT2D eigenvalue weighted by Crippen LogP contribution is -2.42. The van der Waals surface area contributed by atoms with Crippen molar-refractivity contribution in [2.75, 3.05) is 6.54 Å². The smallest absolute Gasteiger partial charge is 0.191 e. The predicted molar refractivity (Wildman–Crippen MR) is 93.0 cm³/mol. The van der Waals surface area contributed by atoms with Gasteiger partial charge in [0.25, 0.3) is 0 Å². The molecule has 1 rings (SSSR count). The molecule has 1 aromatic heterocycles. The maximum absolute atomic E-state index is 4.62. The zero-order valence-electron chi connectivity index (χ0n) is 14.1. The third kappa shape index (κ3) is 8.05. The van der Waals surface area contributed by atoms with Gasteiger partial charge in [0.1, 0.15) is 5.01 Å². The van der Waals surface area contributed by atoms with Crippen molar-refractivity contribution in [3.63, 3.8) is 0 Å². The van der Waals surface area contributed by atoms with E-state index in [9.17, 15) is 0 Å². The second kappa shape index (κ2) is 9.77. The van der Waals surface area contributed by atoms with Crippen LogP contribution in [0.25, 0.3) is 0 Å². The van der Waals surface area contributed by atoms with Crippen LogP contribution in [0.1, 0.15) is 56.8 Å². The van der Waals surface area contributed by atoms with Gasteiger partial charge in [0.2, 0.25) is 0 Å². The highest BCUT2D eigenvalue weighted by Gasteiger charge is 2.06. The summed E-state index contributed by atoms with van der Waals surface area (Å²) < 4.78 is 0. The minimum Gasteiger partial charge on any atom is -0.357 e. The van der Waals surface area contributed by atoms with Crippen molar-refractivity contribution >= 4 is 17.3 Å². The van der Waals surface area contributed by atoms with Crippen LogP contribution in [0.4, 0.5) is 0 Å². The van der Waals surface area contributed by atoms with Crippen molar-refractivity contribution in [3.8, 4) is 0 Å². The molecular weight excluding hydrogens is 280 g/mol. The fraction of sp³-hybridized carbons (Fsp3) is 0.750. The normalized spacial score (nSPS) is 13.5. The number of aromatic nitrogens is 1. The molecular formula is C16H30N4S. The SMILES string of the molecule is CCNC(=NCc1ncc(C)s1)NC(C)CCCC(C)C. The van der Waals surface area contributed by atoms with E-state index in [-0.39, 0.29) is 0 Å². The van der Waals surface area contributed by atoms with Crippen LogP contribution < -0.4 is 10.6 Å². The predicted octanol–water partition coefficient (Wildman–Crippen LogP) is 3.72. The largest absolute Gasteiger partial charge is 0.357 e. The molecule has 1 unspecified atom stereocenters. The molecule has 0 spiro atoms. The number of aryl methyl sites for hydroxylation is 1. The molecule has 0 bridgehead atoms. The van der Waals surface area contributed by atoms with Crippen molar-refractivity contribution in [1.82, 2.24) is 15.6 Å². The Morgan fingerprint density at radius 3 is 2.67 bits per heavy atom. The van der Waals surface area contributed by atoms with Crippen LogP contribution in [0.2, 0.25) is 0 Å². The Kier molecular flexibility index (Phi) is 8.35. The molecule has 0 amide bonds. The first-order chi connectivity index (χ1) is 10.0. The monoisotopic (exact) mass is 310 g/mol. The lowest BCUT2D eigenvalue weighted by molar-refractivity contribution is 0.491. The van der Waals surface area contributed by atoms with Gasteiger partial charge in [-0.1, -0.05) is 26.7 Å². The number of nitrogens with zero attached hydrogens (tertiary/aromatic N) is 2. The first kappa shape index (κ1) is 18.0. The summed E-state index contributed by atoms with van der Waals surface area (Å²) >= 11 is 1.71. The zero-order valence-corrected chi connectivity index (χ0v) is 14.9. The molecule has 0 saturated heterocycles. The van der Waals surface area contributed by atoms with Crippen LogP contribution in [0.5, 0.6) is 0 Å². The Hall–Kier alpha value is -1.10.